The normalized spacial score (nSPS) is 14.8. The van der Waals surface area contributed by atoms with E-state index < -0.39 is 15.9 Å². The fourth-order valence-electron chi connectivity index (χ4n) is 4.47. The van der Waals surface area contributed by atoms with Gasteiger partial charge in [-0.15, -0.1) is 5.10 Å². The van der Waals surface area contributed by atoms with Gasteiger partial charge in [-0.3, -0.25) is 0 Å². The molecule has 35 heavy (non-hydrogen) atoms. The Balaban J connectivity index is 1.37. The van der Waals surface area contributed by atoms with Crippen molar-refractivity contribution < 1.29 is 18.3 Å². The van der Waals surface area contributed by atoms with E-state index >= 15 is 0 Å². The fraction of sp³-hybridized carbons (Fsp3) is 0.240. The Labute approximate surface area is 203 Å². The van der Waals surface area contributed by atoms with Gasteiger partial charge in [-0.1, -0.05) is 24.3 Å². The van der Waals surface area contributed by atoms with Gasteiger partial charge in [0, 0.05) is 36.8 Å². The van der Waals surface area contributed by atoms with Crippen LogP contribution >= 0.6 is 0 Å². The number of amides is 1. The summed E-state index contributed by atoms with van der Waals surface area (Å²) in [5.74, 6) is 0.755. The molecule has 4 aromatic rings. The summed E-state index contributed by atoms with van der Waals surface area (Å²) >= 11 is 0. The topological polar surface area (TPSA) is 117 Å². The van der Waals surface area contributed by atoms with Crippen LogP contribution in [0, 0.1) is 0 Å². The molecular formula is C25H25N5O4S. The van der Waals surface area contributed by atoms with Crippen LogP contribution in [0.15, 0.2) is 71.8 Å². The van der Waals surface area contributed by atoms with E-state index in [-0.39, 0.29) is 4.90 Å². The van der Waals surface area contributed by atoms with Gasteiger partial charge in [0.25, 0.3) is 0 Å². The van der Waals surface area contributed by atoms with Crippen molar-refractivity contribution in [3.63, 3.8) is 0 Å². The summed E-state index contributed by atoms with van der Waals surface area (Å²) in [6, 6.07) is 18.6. The van der Waals surface area contributed by atoms with E-state index in [4.69, 9.17) is 0 Å². The van der Waals surface area contributed by atoms with E-state index in [1.165, 1.54) is 11.2 Å². The zero-order chi connectivity index (χ0) is 24.6. The minimum atomic E-state index is -3.26. The highest BCUT2D eigenvalue weighted by Crippen LogP contribution is 2.31. The first kappa shape index (κ1) is 22.9. The van der Waals surface area contributed by atoms with Crippen LogP contribution in [0.5, 0.6) is 0 Å². The molecule has 5 rings (SSSR count). The third-order valence-corrected chi connectivity index (χ3v) is 7.46. The monoisotopic (exact) mass is 491 g/mol. The first-order chi connectivity index (χ1) is 16.8. The standard InChI is InChI=1S/C25H25N5O4S/c1-35(33,34)21-9-7-18(8-10-21)22-6-3-13-30-23(22)27-24(28-30)26-20-5-2-4-19(16-20)17-11-14-29(15-12-17)25(31)32/h2-10,13,16-17H,11-12,14-15H2,1H3,(H,26,28)(H,31,32). The van der Waals surface area contributed by atoms with Crippen LogP contribution in [0.1, 0.15) is 24.3 Å². The van der Waals surface area contributed by atoms with Gasteiger partial charge in [0.1, 0.15) is 0 Å². The summed E-state index contributed by atoms with van der Waals surface area (Å²) in [6.07, 6.45) is 3.73. The number of carboxylic acid groups (broad SMARTS) is 1. The van der Waals surface area contributed by atoms with Gasteiger partial charge in [0.2, 0.25) is 5.95 Å². The number of pyridine rings is 1. The van der Waals surface area contributed by atoms with Crippen molar-refractivity contribution in [2.75, 3.05) is 24.7 Å². The molecular weight excluding hydrogens is 466 g/mol. The van der Waals surface area contributed by atoms with E-state index in [1.54, 1.807) is 28.8 Å². The van der Waals surface area contributed by atoms with Crippen molar-refractivity contribution in [2.24, 2.45) is 0 Å². The van der Waals surface area contributed by atoms with Crippen molar-refractivity contribution in [1.82, 2.24) is 19.5 Å². The van der Waals surface area contributed by atoms with Gasteiger partial charge in [0.15, 0.2) is 15.5 Å². The average molecular weight is 492 g/mol. The maximum Gasteiger partial charge on any atom is 0.407 e. The van der Waals surface area contributed by atoms with Gasteiger partial charge >= 0.3 is 6.09 Å². The molecule has 0 aliphatic carbocycles. The largest absolute Gasteiger partial charge is 0.465 e. The number of hydrogen-bond donors (Lipinski definition) is 2. The lowest BCUT2D eigenvalue weighted by molar-refractivity contribution is 0.132. The third-order valence-electron chi connectivity index (χ3n) is 6.34. The van der Waals surface area contributed by atoms with Crippen LogP contribution < -0.4 is 5.32 Å². The Bertz CT molecular complexity index is 1490. The number of aromatic nitrogens is 3. The van der Waals surface area contributed by atoms with Crippen molar-refractivity contribution in [2.45, 2.75) is 23.7 Å². The molecule has 0 atom stereocenters. The zero-order valence-electron chi connectivity index (χ0n) is 19.1. The molecule has 1 aliphatic rings. The molecule has 180 valence electrons. The summed E-state index contributed by atoms with van der Waals surface area (Å²) in [5.41, 5.74) is 4.36. The molecule has 0 unspecified atom stereocenters. The summed E-state index contributed by atoms with van der Waals surface area (Å²) in [5, 5.41) is 17.0. The predicted octanol–water partition coefficient (Wildman–Crippen LogP) is 4.40. The molecule has 0 bridgehead atoms. The molecule has 1 aliphatic heterocycles. The molecule has 2 aromatic carbocycles. The first-order valence-corrected chi connectivity index (χ1v) is 13.2. The fourth-order valence-corrected chi connectivity index (χ4v) is 5.10. The number of anilines is 2. The molecule has 1 saturated heterocycles. The Morgan fingerprint density at radius 1 is 1.06 bits per heavy atom. The third kappa shape index (κ3) is 4.83. The molecule has 10 heteroatoms. The number of hydrogen-bond acceptors (Lipinski definition) is 6. The van der Waals surface area contributed by atoms with Crippen LogP contribution in [0.3, 0.4) is 0 Å². The average Bonchev–Trinajstić information content (AvgIpc) is 3.26. The second kappa shape index (κ2) is 9.03. The van der Waals surface area contributed by atoms with E-state index in [0.29, 0.717) is 30.6 Å². The van der Waals surface area contributed by atoms with Gasteiger partial charge < -0.3 is 15.3 Å². The van der Waals surface area contributed by atoms with Crippen molar-refractivity contribution in [3.8, 4) is 11.1 Å². The molecule has 0 radical (unpaired) electrons. The highest BCUT2D eigenvalue weighted by atomic mass is 32.2. The van der Waals surface area contributed by atoms with E-state index in [1.807, 2.05) is 30.5 Å². The maximum atomic E-state index is 11.8. The number of nitrogens with zero attached hydrogens (tertiary/aromatic N) is 4. The zero-order valence-corrected chi connectivity index (χ0v) is 19.9. The highest BCUT2D eigenvalue weighted by Gasteiger charge is 2.23. The summed E-state index contributed by atoms with van der Waals surface area (Å²) < 4.78 is 25.2. The van der Waals surface area contributed by atoms with Crippen LogP contribution in [-0.4, -0.2) is 58.5 Å². The molecule has 2 aromatic heterocycles. The SMILES string of the molecule is CS(=O)(=O)c1ccc(-c2cccn3nc(Nc4cccc(C5CCN(C(=O)O)CC5)c4)nc23)cc1. The Kier molecular flexibility index (Phi) is 5.89. The summed E-state index contributed by atoms with van der Waals surface area (Å²) in [6.45, 7) is 1.08. The lowest BCUT2D eigenvalue weighted by atomic mass is 9.89. The van der Waals surface area contributed by atoms with Crippen molar-refractivity contribution >= 4 is 33.2 Å². The second-order valence-electron chi connectivity index (χ2n) is 8.72. The second-order valence-corrected chi connectivity index (χ2v) is 10.7. The van der Waals surface area contributed by atoms with Gasteiger partial charge in [-0.05, 0) is 66.3 Å². The van der Waals surface area contributed by atoms with E-state index in [2.05, 4.69) is 27.5 Å². The van der Waals surface area contributed by atoms with Crippen LogP contribution in [0.25, 0.3) is 16.8 Å². The molecule has 0 spiro atoms. The number of sulfone groups is 1. The molecule has 3 heterocycles. The minimum Gasteiger partial charge on any atom is -0.465 e. The summed E-state index contributed by atoms with van der Waals surface area (Å²) in [4.78, 5) is 17.6. The molecule has 1 fully saturated rings. The Morgan fingerprint density at radius 2 is 1.80 bits per heavy atom. The number of rotatable bonds is 5. The Hall–Kier alpha value is -3.92. The highest BCUT2D eigenvalue weighted by molar-refractivity contribution is 7.90. The number of piperidine rings is 1. The number of carbonyl (C=O) groups is 1. The predicted molar refractivity (Wildman–Crippen MR) is 133 cm³/mol. The molecule has 9 nitrogen and oxygen atoms in total. The van der Waals surface area contributed by atoms with Crippen LogP contribution in [0.4, 0.5) is 16.4 Å². The molecule has 1 amide bonds. The lowest BCUT2D eigenvalue weighted by Crippen LogP contribution is -2.36. The van der Waals surface area contributed by atoms with Gasteiger partial charge in [-0.25, -0.2) is 17.7 Å². The smallest absolute Gasteiger partial charge is 0.407 e. The van der Waals surface area contributed by atoms with Crippen molar-refractivity contribution in [3.05, 3.63) is 72.4 Å². The lowest BCUT2D eigenvalue weighted by Gasteiger charge is -2.30. The van der Waals surface area contributed by atoms with Crippen molar-refractivity contribution in [1.29, 1.82) is 0 Å². The number of nitrogens with one attached hydrogen (secondary N) is 1. The maximum absolute atomic E-state index is 11.8. The number of likely N-dealkylation sites (tertiary alicyclic amines) is 1. The quantitative estimate of drug-likeness (QED) is 0.425. The van der Waals surface area contributed by atoms with E-state index in [9.17, 15) is 18.3 Å². The number of fused-ring (bicyclic) bond motifs is 1. The van der Waals surface area contributed by atoms with Gasteiger partial charge in [-0.2, -0.15) is 4.98 Å². The van der Waals surface area contributed by atoms with Crippen LogP contribution in [0.2, 0.25) is 0 Å². The first-order valence-electron chi connectivity index (χ1n) is 11.3. The molecule has 2 N–H and O–H groups in total. The minimum absolute atomic E-state index is 0.269. The van der Waals surface area contributed by atoms with E-state index in [0.717, 1.165) is 35.2 Å². The molecule has 0 saturated carbocycles. The summed E-state index contributed by atoms with van der Waals surface area (Å²) in [7, 11) is -3.26. The Morgan fingerprint density at radius 3 is 2.49 bits per heavy atom. The van der Waals surface area contributed by atoms with Gasteiger partial charge in [0.05, 0.1) is 4.90 Å². The van der Waals surface area contributed by atoms with Crippen LogP contribution in [-0.2, 0) is 9.84 Å². The number of benzene rings is 2.